The zero-order valence-electron chi connectivity index (χ0n) is 9.70. The highest BCUT2D eigenvalue weighted by atomic mass is 15.0. The first-order valence-electron chi connectivity index (χ1n) is 5.50. The fourth-order valence-electron chi connectivity index (χ4n) is 2.22. The molecule has 0 unspecified atom stereocenters. The van der Waals surface area contributed by atoms with Crippen LogP contribution in [-0.2, 0) is 0 Å². The second kappa shape index (κ2) is 4.01. The van der Waals surface area contributed by atoms with Gasteiger partial charge in [0.1, 0.15) is 13.6 Å². The lowest BCUT2D eigenvalue weighted by molar-refractivity contribution is -0.497. The largest absolute Gasteiger partial charge is 0.238 e. The van der Waals surface area contributed by atoms with E-state index >= 15 is 0 Å². The van der Waals surface area contributed by atoms with Gasteiger partial charge in [-0.25, -0.2) is 4.58 Å². The number of allylic oxidation sites excluding steroid dienone is 1. The third kappa shape index (κ3) is 2.01. The average Bonchev–Trinajstić information content (AvgIpc) is 2.20. The molecule has 1 aliphatic rings. The Morgan fingerprint density at radius 1 is 1.27 bits per heavy atom. The van der Waals surface area contributed by atoms with Gasteiger partial charge < -0.3 is 0 Å². The van der Waals surface area contributed by atoms with Crippen molar-refractivity contribution in [2.75, 3.05) is 13.6 Å². The highest BCUT2D eigenvalue weighted by Gasteiger charge is 2.19. The molecule has 0 radical (unpaired) electrons. The van der Waals surface area contributed by atoms with Crippen LogP contribution in [0.1, 0.15) is 18.1 Å². The van der Waals surface area contributed by atoms with Crippen LogP contribution in [0.4, 0.5) is 0 Å². The van der Waals surface area contributed by atoms with Crippen LogP contribution >= 0.6 is 0 Å². The van der Waals surface area contributed by atoms with Crippen molar-refractivity contribution in [2.24, 2.45) is 5.92 Å². The van der Waals surface area contributed by atoms with Crippen LogP contribution in [0.5, 0.6) is 0 Å². The Morgan fingerprint density at radius 2 is 2.00 bits per heavy atom. The van der Waals surface area contributed by atoms with Gasteiger partial charge in [0.05, 0.1) is 0 Å². The third-order valence-corrected chi connectivity index (χ3v) is 3.06. The molecule has 0 fully saturated rings. The Kier molecular flexibility index (Phi) is 2.72. The van der Waals surface area contributed by atoms with Crippen molar-refractivity contribution in [1.29, 1.82) is 0 Å². The quantitative estimate of drug-likeness (QED) is 0.613. The fraction of sp³-hybridized carbons (Fsp3) is 0.357. The van der Waals surface area contributed by atoms with Gasteiger partial charge in [-0.1, -0.05) is 31.2 Å². The Bertz CT molecular complexity index is 427. The maximum absolute atomic E-state index is 2.29. The molecule has 0 saturated heterocycles. The number of nitrogens with zero attached hydrogens (tertiary/aromatic N) is 1. The fourth-order valence-corrected chi connectivity index (χ4v) is 2.22. The molecule has 1 aromatic carbocycles. The molecule has 2 rings (SSSR count). The Labute approximate surface area is 91.8 Å². The van der Waals surface area contributed by atoms with Gasteiger partial charge in [0.15, 0.2) is 6.21 Å². The zero-order chi connectivity index (χ0) is 10.8. The van der Waals surface area contributed by atoms with Gasteiger partial charge in [-0.3, -0.25) is 0 Å². The molecule has 15 heavy (non-hydrogen) atoms. The molecule has 78 valence electrons. The van der Waals surface area contributed by atoms with E-state index in [-0.39, 0.29) is 0 Å². The van der Waals surface area contributed by atoms with E-state index in [1.54, 1.807) is 0 Å². The summed E-state index contributed by atoms with van der Waals surface area (Å²) in [7, 11) is 2.13. The van der Waals surface area contributed by atoms with Crippen LogP contribution in [0.3, 0.4) is 0 Å². The summed E-state index contributed by atoms with van der Waals surface area (Å²) in [6, 6.07) is 8.62. The SMILES string of the molecule is Cc1ccccc1C1=CC=[N+](C)C[C@@H]1C. The normalized spacial score (nSPS) is 20.9. The van der Waals surface area contributed by atoms with Gasteiger partial charge in [0, 0.05) is 12.0 Å². The van der Waals surface area contributed by atoms with Gasteiger partial charge in [-0.05, 0) is 23.6 Å². The van der Waals surface area contributed by atoms with Crippen LogP contribution < -0.4 is 0 Å². The minimum atomic E-state index is 0.612. The standard InChI is InChI=1S/C14H18N/c1-11-6-4-5-7-13(11)14-8-9-15(3)10-12(14)2/h4-9,12H,10H2,1-3H3/q+1/t12-/m0/s1. The molecule has 0 aliphatic carbocycles. The Balaban J connectivity index is 2.44. The minimum Gasteiger partial charge on any atom is -0.238 e. The number of aryl methyl sites for hydroxylation is 1. The molecule has 1 heterocycles. The zero-order valence-corrected chi connectivity index (χ0v) is 9.70. The van der Waals surface area contributed by atoms with Crippen LogP contribution in [0.15, 0.2) is 30.3 Å². The van der Waals surface area contributed by atoms with Crippen molar-refractivity contribution >= 4 is 11.8 Å². The van der Waals surface area contributed by atoms with Gasteiger partial charge in [0.2, 0.25) is 0 Å². The molecular weight excluding hydrogens is 182 g/mol. The van der Waals surface area contributed by atoms with Gasteiger partial charge >= 0.3 is 0 Å². The average molecular weight is 200 g/mol. The molecule has 0 bridgehead atoms. The first kappa shape index (κ1) is 10.2. The monoisotopic (exact) mass is 200 g/mol. The van der Waals surface area contributed by atoms with Crippen molar-refractivity contribution in [3.63, 3.8) is 0 Å². The summed E-state index contributed by atoms with van der Waals surface area (Å²) in [4.78, 5) is 0. The molecule has 0 N–H and O–H groups in total. The third-order valence-electron chi connectivity index (χ3n) is 3.06. The second-order valence-electron chi connectivity index (χ2n) is 4.43. The topological polar surface area (TPSA) is 3.01 Å². The number of benzene rings is 1. The van der Waals surface area contributed by atoms with E-state index in [0.29, 0.717) is 5.92 Å². The van der Waals surface area contributed by atoms with E-state index in [9.17, 15) is 0 Å². The van der Waals surface area contributed by atoms with Crippen molar-refractivity contribution in [3.8, 4) is 0 Å². The van der Waals surface area contributed by atoms with Crippen LogP contribution in [0.2, 0.25) is 0 Å². The molecule has 1 heteroatoms. The summed E-state index contributed by atoms with van der Waals surface area (Å²) in [5.74, 6) is 0.612. The van der Waals surface area contributed by atoms with Crippen molar-refractivity contribution in [1.82, 2.24) is 0 Å². The summed E-state index contributed by atoms with van der Waals surface area (Å²) in [5, 5.41) is 0. The number of hydrogen-bond donors (Lipinski definition) is 0. The summed E-state index contributed by atoms with van der Waals surface area (Å²) < 4.78 is 2.24. The van der Waals surface area contributed by atoms with E-state index in [2.05, 4.69) is 62.0 Å². The van der Waals surface area contributed by atoms with Crippen molar-refractivity contribution in [2.45, 2.75) is 13.8 Å². The predicted octanol–water partition coefficient (Wildman–Crippen LogP) is 2.74. The van der Waals surface area contributed by atoms with Crippen molar-refractivity contribution < 1.29 is 4.58 Å². The van der Waals surface area contributed by atoms with E-state index < -0.39 is 0 Å². The first-order valence-corrected chi connectivity index (χ1v) is 5.50. The molecule has 0 aromatic heterocycles. The Hall–Kier alpha value is -1.37. The molecule has 0 saturated carbocycles. The summed E-state index contributed by atoms with van der Waals surface area (Å²) in [6.07, 6.45) is 4.41. The lowest BCUT2D eigenvalue weighted by atomic mass is 9.89. The summed E-state index contributed by atoms with van der Waals surface area (Å²) in [5.41, 5.74) is 4.23. The summed E-state index contributed by atoms with van der Waals surface area (Å²) in [6.45, 7) is 5.59. The highest BCUT2D eigenvalue weighted by molar-refractivity contribution is 5.84. The van der Waals surface area contributed by atoms with Gasteiger partial charge in [-0.15, -0.1) is 0 Å². The molecule has 1 atom stereocenters. The van der Waals surface area contributed by atoms with E-state index in [4.69, 9.17) is 0 Å². The lowest BCUT2D eigenvalue weighted by Crippen LogP contribution is -2.21. The molecule has 1 aliphatic heterocycles. The molecular formula is C14H18N+. The maximum Gasteiger partial charge on any atom is 0.163 e. The lowest BCUT2D eigenvalue weighted by Gasteiger charge is -2.18. The maximum atomic E-state index is 2.29. The first-order chi connectivity index (χ1) is 7.18. The van der Waals surface area contributed by atoms with Gasteiger partial charge in [-0.2, -0.15) is 0 Å². The number of rotatable bonds is 1. The van der Waals surface area contributed by atoms with E-state index in [1.807, 2.05) is 0 Å². The smallest absolute Gasteiger partial charge is 0.163 e. The highest BCUT2D eigenvalue weighted by Crippen LogP contribution is 2.27. The molecule has 1 nitrogen and oxygen atoms in total. The van der Waals surface area contributed by atoms with Crippen molar-refractivity contribution in [3.05, 3.63) is 41.5 Å². The molecule has 1 aromatic rings. The van der Waals surface area contributed by atoms with Gasteiger partial charge in [0.25, 0.3) is 0 Å². The van der Waals surface area contributed by atoms with Crippen LogP contribution in [0.25, 0.3) is 5.57 Å². The van der Waals surface area contributed by atoms with Crippen LogP contribution in [-0.4, -0.2) is 24.4 Å². The minimum absolute atomic E-state index is 0.612. The van der Waals surface area contributed by atoms with E-state index in [1.165, 1.54) is 16.7 Å². The van der Waals surface area contributed by atoms with E-state index in [0.717, 1.165) is 6.54 Å². The molecule has 0 amide bonds. The molecule has 0 spiro atoms. The van der Waals surface area contributed by atoms with Crippen LogP contribution in [0, 0.1) is 12.8 Å². The summed E-state index contributed by atoms with van der Waals surface area (Å²) >= 11 is 0. The predicted molar refractivity (Wildman–Crippen MR) is 65.4 cm³/mol. The number of hydrogen-bond acceptors (Lipinski definition) is 0. The Morgan fingerprint density at radius 3 is 2.67 bits per heavy atom. The second-order valence-corrected chi connectivity index (χ2v) is 4.43.